The molecule has 0 atom stereocenters. The molecule has 0 unspecified atom stereocenters. The number of hydrogen-bond acceptors (Lipinski definition) is 7. The van der Waals surface area contributed by atoms with Crippen LogP contribution in [0.1, 0.15) is 11.7 Å². The van der Waals surface area contributed by atoms with Crippen molar-refractivity contribution in [2.45, 2.75) is 17.5 Å². The van der Waals surface area contributed by atoms with E-state index in [4.69, 9.17) is 8.83 Å². The van der Waals surface area contributed by atoms with Crippen molar-refractivity contribution in [2.24, 2.45) is 0 Å². The average molecular weight is 313 g/mol. The Balaban J connectivity index is 1.48. The van der Waals surface area contributed by atoms with Crippen molar-refractivity contribution in [3.63, 3.8) is 0 Å². The van der Waals surface area contributed by atoms with Gasteiger partial charge in [0.05, 0.1) is 12.0 Å². The molecule has 0 aliphatic rings. The van der Waals surface area contributed by atoms with Crippen molar-refractivity contribution in [3.05, 3.63) is 54.3 Å². The van der Waals surface area contributed by atoms with Crippen molar-refractivity contribution in [1.29, 1.82) is 0 Å². The predicted octanol–water partition coefficient (Wildman–Crippen LogP) is 2.75. The Labute approximate surface area is 129 Å². The summed E-state index contributed by atoms with van der Waals surface area (Å²) in [5.41, 5.74) is 1.64. The molecule has 0 radical (unpaired) electrons. The first-order valence-corrected chi connectivity index (χ1v) is 7.63. The fourth-order valence-electron chi connectivity index (χ4n) is 2.06. The van der Waals surface area contributed by atoms with Gasteiger partial charge in [-0.1, -0.05) is 23.9 Å². The lowest BCUT2D eigenvalue weighted by atomic mass is 10.3. The SMILES string of the molecule is c1coc(Cn2nnnc2SCc2nc3ccccc3o2)c1. The molecule has 0 bridgehead atoms. The molecule has 3 aromatic heterocycles. The van der Waals surface area contributed by atoms with E-state index in [1.165, 1.54) is 11.8 Å². The van der Waals surface area contributed by atoms with Gasteiger partial charge in [-0.3, -0.25) is 0 Å². The van der Waals surface area contributed by atoms with Crippen molar-refractivity contribution in [3.8, 4) is 0 Å². The molecule has 0 saturated heterocycles. The molecule has 1 aromatic carbocycles. The van der Waals surface area contributed by atoms with Gasteiger partial charge >= 0.3 is 0 Å². The maximum atomic E-state index is 5.68. The Morgan fingerprint density at radius 3 is 2.95 bits per heavy atom. The lowest BCUT2D eigenvalue weighted by molar-refractivity contribution is 0.462. The molecule has 0 amide bonds. The van der Waals surface area contributed by atoms with E-state index in [1.807, 2.05) is 36.4 Å². The molecule has 0 fully saturated rings. The lowest BCUT2D eigenvalue weighted by Crippen LogP contribution is -2.03. The van der Waals surface area contributed by atoms with Gasteiger partial charge in [-0.05, 0) is 34.7 Å². The fourth-order valence-corrected chi connectivity index (χ4v) is 2.78. The largest absolute Gasteiger partial charge is 0.467 e. The van der Waals surface area contributed by atoms with Crippen LogP contribution in [0.2, 0.25) is 0 Å². The van der Waals surface area contributed by atoms with Gasteiger partial charge in [0, 0.05) is 0 Å². The molecule has 7 nitrogen and oxygen atoms in total. The van der Waals surface area contributed by atoms with Gasteiger partial charge < -0.3 is 8.83 Å². The number of rotatable bonds is 5. The highest BCUT2D eigenvalue weighted by Gasteiger charge is 2.11. The topological polar surface area (TPSA) is 82.8 Å². The molecule has 0 aliphatic carbocycles. The second-order valence-electron chi connectivity index (χ2n) is 4.56. The normalized spacial score (nSPS) is 11.3. The molecule has 0 N–H and O–H groups in total. The summed E-state index contributed by atoms with van der Waals surface area (Å²) in [5, 5.41) is 12.4. The zero-order valence-corrected chi connectivity index (χ0v) is 12.2. The smallest absolute Gasteiger partial charge is 0.210 e. The number of oxazole rings is 1. The molecule has 4 rings (SSSR count). The molecular weight excluding hydrogens is 302 g/mol. The third-order valence-electron chi connectivity index (χ3n) is 3.05. The number of tetrazole rings is 1. The maximum absolute atomic E-state index is 5.68. The summed E-state index contributed by atoms with van der Waals surface area (Å²) in [4.78, 5) is 4.43. The van der Waals surface area contributed by atoms with E-state index in [0.717, 1.165) is 16.9 Å². The molecule has 0 aliphatic heterocycles. The highest BCUT2D eigenvalue weighted by atomic mass is 32.2. The second-order valence-corrected chi connectivity index (χ2v) is 5.50. The van der Waals surface area contributed by atoms with Gasteiger partial charge in [0.25, 0.3) is 0 Å². The van der Waals surface area contributed by atoms with E-state index in [-0.39, 0.29) is 0 Å². The van der Waals surface area contributed by atoms with E-state index in [9.17, 15) is 0 Å². The number of nitrogens with zero attached hydrogens (tertiary/aromatic N) is 5. The van der Waals surface area contributed by atoms with E-state index in [0.29, 0.717) is 23.3 Å². The summed E-state index contributed by atoms with van der Waals surface area (Å²) in [6.07, 6.45) is 1.63. The van der Waals surface area contributed by atoms with Crippen LogP contribution in [0, 0.1) is 0 Å². The van der Waals surface area contributed by atoms with Crippen LogP contribution in [0.25, 0.3) is 11.1 Å². The molecule has 4 aromatic rings. The van der Waals surface area contributed by atoms with Gasteiger partial charge in [-0.25, -0.2) is 9.67 Å². The van der Waals surface area contributed by atoms with Gasteiger partial charge in [0.15, 0.2) is 5.58 Å². The van der Waals surface area contributed by atoms with Crippen LogP contribution < -0.4 is 0 Å². The van der Waals surface area contributed by atoms with E-state index in [2.05, 4.69) is 20.5 Å². The molecule has 0 spiro atoms. The third-order valence-corrected chi connectivity index (χ3v) is 3.99. The molecular formula is C14H11N5O2S. The minimum atomic E-state index is 0.496. The number of benzene rings is 1. The van der Waals surface area contributed by atoms with Gasteiger partial charge in [0.1, 0.15) is 17.8 Å². The maximum Gasteiger partial charge on any atom is 0.210 e. The van der Waals surface area contributed by atoms with Crippen LogP contribution in [0.3, 0.4) is 0 Å². The molecule has 22 heavy (non-hydrogen) atoms. The zero-order chi connectivity index (χ0) is 14.8. The average Bonchev–Trinajstić information content (AvgIpc) is 3.26. The minimum Gasteiger partial charge on any atom is -0.467 e. The first kappa shape index (κ1) is 13.1. The summed E-state index contributed by atoms with van der Waals surface area (Å²) in [6, 6.07) is 11.4. The van der Waals surface area contributed by atoms with Crippen LogP contribution in [-0.2, 0) is 12.3 Å². The first-order chi connectivity index (χ1) is 10.9. The first-order valence-electron chi connectivity index (χ1n) is 6.64. The summed E-state index contributed by atoms with van der Waals surface area (Å²) < 4.78 is 12.7. The number of para-hydroxylation sites is 2. The summed E-state index contributed by atoms with van der Waals surface area (Å²) in [7, 11) is 0. The Kier molecular flexibility index (Phi) is 3.36. The Hall–Kier alpha value is -2.61. The number of hydrogen-bond donors (Lipinski definition) is 0. The Morgan fingerprint density at radius 1 is 1.14 bits per heavy atom. The molecule has 110 valence electrons. The van der Waals surface area contributed by atoms with Crippen LogP contribution in [0.4, 0.5) is 0 Å². The van der Waals surface area contributed by atoms with Gasteiger partial charge in [-0.15, -0.1) is 5.10 Å². The van der Waals surface area contributed by atoms with Crippen molar-refractivity contribution < 1.29 is 8.83 Å². The molecule has 0 saturated carbocycles. The highest BCUT2D eigenvalue weighted by Crippen LogP contribution is 2.23. The summed E-state index contributed by atoms with van der Waals surface area (Å²) in [5.74, 6) is 2.02. The summed E-state index contributed by atoms with van der Waals surface area (Å²) in [6.45, 7) is 0.496. The van der Waals surface area contributed by atoms with Crippen LogP contribution in [0.15, 0.2) is 56.7 Å². The van der Waals surface area contributed by atoms with Crippen molar-refractivity contribution in [2.75, 3.05) is 0 Å². The van der Waals surface area contributed by atoms with Crippen LogP contribution in [-0.4, -0.2) is 25.2 Å². The predicted molar refractivity (Wildman–Crippen MR) is 79.2 cm³/mol. The number of aromatic nitrogens is 5. The van der Waals surface area contributed by atoms with E-state index < -0.39 is 0 Å². The standard InChI is InChI=1S/C14H11N5O2S/c1-2-6-12-11(5-1)15-13(21-12)9-22-14-16-17-18-19(14)8-10-4-3-7-20-10/h1-7H,8-9H2. The Morgan fingerprint density at radius 2 is 2.09 bits per heavy atom. The highest BCUT2D eigenvalue weighted by molar-refractivity contribution is 7.98. The Bertz CT molecular complexity index is 851. The second kappa shape index (κ2) is 5.64. The number of furan rings is 1. The van der Waals surface area contributed by atoms with E-state index >= 15 is 0 Å². The van der Waals surface area contributed by atoms with Crippen LogP contribution in [0.5, 0.6) is 0 Å². The quantitative estimate of drug-likeness (QED) is 0.524. The third kappa shape index (κ3) is 2.60. The zero-order valence-electron chi connectivity index (χ0n) is 11.4. The summed E-state index contributed by atoms with van der Waals surface area (Å²) >= 11 is 1.47. The van der Waals surface area contributed by atoms with Gasteiger partial charge in [0.2, 0.25) is 11.0 Å². The molecule has 3 heterocycles. The fraction of sp³-hybridized carbons (Fsp3) is 0.143. The monoisotopic (exact) mass is 313 g/mol. The van der Waals surface area contributed by atoms with Crippen molar-refractivity contribution >= 4 is 22.9 Å². The number of thioether (sulfide) groups is 1. The van der Waals surface area contributed by atoms with Crippen LogP contribution >= 0.6 is 11.8 Å². The van der Waals surface area contributed by atoms with Crippen molar-refractivity contribution in [1.82, 2.24) is 25.2 Å². The minimum absolute atomic E-state index is 0.496. The van der Waals surface area contributed by atoms with E-state index in [1.54, 1.807) is 10.9 Å². The number of fused-ring (bicyclic) bond motifs is 1. The van der Waals surface area contributed by atoms with Gasteiger partial charge in [-0.2, -0.15) is 0 Å². The molecule has 8 heteroatoms. The lowest BCUT2D eigenvalue weighted by Gasteiger charge is -2.00.